The summed E-state index contributed by atoms with van der Waals surface area (Å²) >= 11 is 0. The molecule has 4 aliphatic rings. The van der Waals surface area contributed by atoms with Crippen LogP contribution in [0.3, 0.4) is 0 Å². The van der Waals surface area contributed by atoms with Gasteiger partial charge in [0.05, 0.1) is 0 Å². The van der Waals surface area contributed by atoms with Gasteiger partial charge in [0.2, 0.25) is 0 Å². The standard InChI is InChI=1S/C21H36.C8H18O.C4H10.3C2H6.C2H4.CH4O.CH4/c1-4-15-9-11-18-17-10-8-16-7-5-6-13-20(16,2)19(17)12-14-21(15,18)3;1-7(2)5-8(3,4)6-9;1-3-4-2;5*1-2;/h15-19H,4-14H2,1-3H3;7,9H,5-6H2,1-4H3;3-4H2,1-2H3;3*1-2H3;1-2H2;2H,1H3;1H4. The predicted octanol–water partition coefficient (Wildman–Crippen LogP) is 14.4. The fraction of sp³-hybridized carbons (Fsp3) is 0.953. The summed E-state index contributed by atoms with van der Waals surface area (Å²) in [5.74, 6) is 6.08. The summed E-state index contributed by atoms with van der Waals surface area (Å²) in [7, 11) is 1.00. The molecule has 0 spiro atoms. The van der Waals surface area contributed by atoms with Gasteiger partial charge in [-0.15, -0.1) is 13.2 Å². The number of aliphatic hydroxyl groups is 2. The summed E-state index contributed by atoms with van der Waals surface area (Å²) in [4.78, 5) is 0. The molecule has 45 heavy (non-hydrogen) atoms. The van der Waals surface area contributed by atoms with E-state index >= 15 is 0 Å². The molecule has 2 nitrogen and oxygen atoms in total. The van der Waals surface area contributed by atoms with Crippen LogP contribution in [-0.4, -0.2) is 23.9 Å². The third kappa shape index (κ3) is 17.1. The summed E-state index contributed by atoms with van der Waals surface area (Å²) < 4.78 is 0. The topological polar surface area (TPSA) is 40.5 Å². The summed E-state index contributed by atoms with van der Waals surface area (Å²) in [5.41, 5.74) is 1.56. The Hall–Kier alpha value is -0.340. The normalized spacial score (nSPS) is 30.2. The zero-order valence-electron chi connectivity index (χ0n) is 33.9. The van der Waals surface area contributed by atoms with Crippen molar-refractivity contribution in [3.8, 4) is 0 Å². The third-order valence-electron chi connectivity index (χ3n) is 11.2. The predicted molar refractivity (Wildman–Crippen MR) is 211 cm³/mol. The Morgan fingerprint density at radius 2 is 1.20 bits per heavy atom. The van der Waals surface area contributed by atoms with Gasteiger partial charge in [0.25, 0.3) is 0 Å². The highest BCUT2D eigenvalue weighted by atomic mass is 16.3. The van der Waals surface area contributed by atoms with Crippen molar-refractivity contribution in [2.75, 3.05) is 13.7 Å². The van der Waals surface area contributed by atoms with E-state index in [-0.39, 0.29) is 12.8 Å². The van der Waals surface area contributed by atoms with Crippen LogP contribution in [-0.2, 0) is 0 Å². The van der Waals surface area contributed by atoms with Gasteiger partial charge in [0.1, 0.15) is 0 Å². The molecule has 2 heteroatoms. The van der Waals surface area contributed by atoms with E-state index in [0.29, 0.717) is 17.9 Å². The van der Waals surface area contributed by atoms with Crippen molar-refractivity contribution in [2.45, 2.75) is 201 Å². The first kappa shape index (κ1) is 54.1. The van der Waals surface area contributed by atoms with E-state index in [1.165, 1.54) is 32.1 Å². The Morgan fingerprint density at radius 3 is 1.60 bits per heavy atom. The maximum atomic E-state index is 8.84. The van der Waals surface area contributed by atoms with Gasteiger partial charge in [0.15, 0.2) is 0 Å². The third-order valence-corrected chi connectivity index (χ3v) is 11.2. The van der Waals surface area contributed by atoms with Gasteiger partial charge < -0.3 is 10.2 Å². The van der Waals surface area contributed by atoms with Crippen molar-refractivity contribution < 1.29 is 10.2 Å². The summed E-state index contributed by atoms with van der Waals surface area (Å²) in [6.07, 6.45) is 20.7. The van der Waals surface area contributed by atoms with Gasteiger partial charge in [-0.2, -0.15) is 0 Å². The molecule has 0 aromatic carbocycles. The Balaban J connectivity index is -0.000000188. The molecule has 7 unspecified atom stereocenters. The van der Waals surface area contributed by atoms with Crippen molar-refractivity contribution in [3.05, 3.63) is 13.2 Å². The maximum Gasteiger partial charge on any atom is 0.0482 e. The lowest BCUT2D eigenvalue weighted by molar-refractivity contribution is -0.110. The van der Waals surface area contributed by atoms with E-state index in [2.05, 4.69) is 75.5 Å². The molecule has 278 valence electrons. The number of aliphatic hydroxyl groups excluding tert-OH is 2. The first-order valence-corrected chi connectivity index (χ1v) is 19.5. The zero-order valence-corrected chi connectivity index (χ0v) is 33.9. The lowest BCUT2D eigenvalue weighted by atomic mass is 9.45. The minimum absolute atomic E-state index is 0. The van der Waals surface area contributed by atoms with Gasteiger partial charge >= 0.3 is 0 Å². The highest BCUT2D eigenvalue weighted by Crippen LogP contribution is 2.67. The van der Waals surface area contributed by atoms with Gasteiger partial charge in [-0.05, 0) is 110 Å². The molecule has 4 aliphatic carbocycles. The fourth-order valence-electron chi connectivity index (χ4n) is 9.24. The van der Waals surface area contributed by atoms with Crippen LogP contribution in [0.5, 0.6) is 0 Å². The number of hydrogen-bond acceptors (Lipinski definition) is 2. The van der Waals surface area contributed by atoms with Gasteiger partial charge in [-0.1, -0.05) is 143 Å². The van der Waals surface area contributed by atoms with Crippen LogP contribution in [0, 0.1) is 51.8 Å². The lowest BCUT2D eigenvalue weighted by Crippen LogP contribution is -2.52. The zero-order chi connectivity index (χ0) is 35.6. The average Bonchev–Trinajstić information content (AvgIpc) is 3.41. The monoisotopic (exact) mass is 643 g/mol. The molecule has 4 fully saturated rings. The molecule has 4 saturated carbocycles. The Morgan fingerprint density at radius 1 is 0.711 bits per heavy atom. The first-order valence-electron chi connectivity index (χ1n) is 19.5. The highest BCUT2D eigenvalue weighted by Gasteiger charge is 2.59. The first-order chi connectivity index (χ1) is 21.0. The molecule has 4 rings (SSSR count). The molecular formula is C43H94O2. The van der Waals surface area contributed by atoms with Crippen LogP contribution in [0.4, 0.5) is 0 Å². The molecule has 0 heterocycles. The molecule has 0 aliphatic heterocycles. The quantitative estimate of drug-likeness (QED) is 0.293. The second-order valence-electron chi connectivity index (χ2n) is 14.6. The molecule has 0 amide bonds. The van der Waals surface area contributed by atoms with Crippen molar-refractivity contribution in [1.29, 1.82) is 0 Å². The molecule has 0 saturated heterocycles. The van der Waals surface area contributed by atoms with E-state index in [1.54, 1.807) is 51.4 Å². The maximum absolute atomic E-state index is 8.84. The molecule has 0 aromatic rings. The highest BCUT2D eigenvalue weighted by molar-refractivity contribution is 5.08. The van der Waals surface area contributed by atoms with Crippen LogP contribution >= 0.6 is 0 Å². The van der Waals surface area contributed by atoms with Crippen molar-refractivity contribution in [1.82, 2.24) is 0 Å². The molecule has 2 N–H and O–H groups in total. The van der Waals surface area contributed by atoms with Crippen LogP contribution in [0.1, 0.15) is 201 Å². The summed E-state index contributed by atoms with van der Waals surface area (Å²) in [6, 6.07) is 0. The number of rotatable bonds is 5. The van der Waals surface area contributed by atoms with Crippen molar-refractivity contribution in [2.24, 2.45) is 51.8 Å². The molecular weight excluding hydrogens is 548 g/mol. The Kier molecular flexibility index (Phi) is 37.2. The SMILES string of the molecule is C.C=C.CC.CC.CC.CC(C)CC(C)(C)CO.CCC1CCC2C3CCC4CCCCC4(C)C3CCC12C.CCCC.CO. The van der Waals surface area contributed by atoms with Crippen LogP contribution in [0.25, 0.3) is 0 Å². The van der Waals surface area contributed by atoms with Crippen LogP contribution in [0.2, 0.25) is 0 Å². The average molecular weight is 643 g/mol. The summed E-state index contributed by atoms with van der Waals surface area (Å²) in [5, 5.41) is 15.8. The molecule has 0 bridgehead atoms. The second kappa shape index (κ2) is 31.0. The van der Waals surface area contributed by atoms with Gasteiger partial charge in [-0.25, -0.2) is 0 Å². The number of hydrogen-bond donors (Lipinski definition) is 2. The molecule has 0 aromatic heterocycles. The Labute approximate surface area is 289 Å². The van der Waals surface area contributed by atoms with Gasteiger partial charge in [0, 0.05) is 13.7 Å². The van der Waals surface area contributed by atoms with E-state index in [0.717, 1.165) is 48.5 Å². The fourth-order valence-corrected chi connectivity index (χ4v) is 9.24. The lowest BCUT2D eigenvalue weighted by Gasteiger charge is -2.60. The van der Waals surface area contributed by atoms with Crippen molar-refractivity contribution in [3.63, 3.8) is 0 Å². The van der Waals surface area contributed by atoms with E-state index in [9.17, 15) is 0 Å². The second-order valence-corrected chi connectivity index (χ2v) is 14.6. The van der Waals surface area contributed by atoms with E-state index < -0.39 is 0 Å². The Bertz CT molecular complexity index is 597. The minimum Gasteiger partial charge on any atom is -0.400 e. The van der Waals surface area contributed by atoms with Crippen molar-refractivity contribution >= 4 is 0 Å². The molecule has 0 radical (unpaired) electrons. The van der Waals surface area contributed by atoms with E-state index in [4.69, 9.17) is 10.2 Å². The van der Waals surface area contributed by atoms with Gasteiger partial charge in [-0.3, -0.25) is 0 Å². The van der Waals surface area contributed by atoms with Crippen LogP contribution in [0.15, 0.2) is 13.2 Å². The minimum atomic E-state index is 0. The van der Waals surface area contributed by atoms with Crippen LogP contribution < -0.4 is 0 Å². The van der Waals surface area contributed by atoms with E-state index in [1.807, 2.05) is 41.5 Å². The summed E-state index contributed by atoms with van der Waals surface area (Å²) in [6.45, 7) is 39.0. The largest absolute Gasteiger partial charge is 0.400 e. The molecule has 7 atom stereocenters. The number of fused-ring (bicyclic) bond motifs is 5. The smallest absolute Gasteiger partial charge is 0.0482 e. The number of unbranched alkanes of at least 4 members (excludes halogenated alkanes) is 1.